The molecule has 0 bridgehead atoms. The van der Waals surface area contributed by atoms with Crippen molar-refractivity contribution in [2.24, 2.45) is 11.5 Å². The van der Waals surface area contributed by atoms with Gasteiger partial charge in [0.05, 0.1) is 0 Å². The first-order chi connectivity index (χ1) is 6.50. The van der Waals surface area contributed by atoms with E-state index in [1.807, 2.05) is 0 Å². The van der Waals surface area contributed by atoms with Gasteiger partial charge in [-0.15, -0.1) is 0 Å². The number of carbonyl (C=O) groups excluding carboxylic acids is 1. The molecule has 4 heteroatoms. The third-order valence-electron chi connectivity index (χ3n) is 2.05. The summed E-state index contributed by atoms with van der Waals surface area (Å²) in [4.78, 5) is 10.6. The van der Waals surface area contributed by atoms with Crippen LogP contribution in [0, 0.1) is 12.7 Å². The van der Waals surface area contributed by atoms with Crippen LogP contribution in [-0.4, -0.2) is 5.91 Å². The number of hydrogen-bond acceptors (Lipinski definition) is 2. The topological polar surface area (TPSA) is 69.1 Å². The van der Waals surface area contributed by atoms with Gasteiger partial charge in [0.25, 0.3) is 0 Å². The quantitative estimate of drug-likeness (QED) is 0.757. The van der Waals surface area contributed by atoms with Crippen molar-refractivity contribution >= 4 is 5.91 Å². The molecule has 4 N–H and O–H groups in total. The standard InChI is InChI=1S/C10H13FN2O/c1-6-4-7(11)2-3-8(6)9(12)5-10(13)14/h2-4,9H,5,12H2,1H3,(H2,13,14)/t9-/m1/s1. The van der Waals surface area contributed by atoms with Gasteiger partial charge in [-0.3, -0.25) is 4.79 Å². The summed E-state index contributed by atoms with van der Waals surface area (Å²) in [5, 5.41) is 0. The van der Waals surface area contributed by atoms with Gasteiger partial charge in [0.15, 0.2) is 0 Å². The van der Waals surface area contributed by atoms with Crippen LogP contribution in [0.25, 0.3) is 0 Å². The second-order valence-electron chi connectivity index (χ2n) is 3.28. The summed E-state index contributed by atoms with van der Waals surface area (Å²) in [5.41, 5.74) is 12.2. The van der Waals surface area contributed by atoms with Gasteiger partial charge in [0, 0.05) is 12.5 Å². The zero-order chi connectivity index (χ0) is 10.7. The van der Waals surface area contributed by atoms with E-state index in [2.05, 4.69) is 0 Å². The highest BCUT2D eigenvalue weighted by Crippen LogP contribution is 2.18. The normalized spacial score (nSPS) is 12.5. The fourth-order valence-electron chi connectivity index (χ4n) is 1.38. The number of nitrogens with two attached hydrogens (primary N) is 2. The van der Waals surface area contributed by atoms with Crippen molar-refractivity contribution in [3.05, 3.63) is 35.1 Å². The van der Waals surface area contributed by atoms with Crippen LogP contribution in [0.4, 0.5) is 4.39 Å². The fraction of sp³-hybridized carbons (Fsp3) is 0.300. The van der Waals surface area contributed by atoms with Gasteiger partial charge < -0.3 is 11.5 Å². The minimum absolute atomic E-state index is 0.0759. The van der Waals surface area contributed by atoms with E-state index in [9.17, 15) is 9.18 Å². The minimum Gasteiger partial charge on any atom is -0.370 e. The number of carbonyl (C=O) groups is 1. The van der Waals surface area contributed by atoms with Crippen LogP contribution >= 0.6 is 0 Å². The molecule has 0 radical (unpaired) electrons. The molecule has 1 atom stereocenters. The van der Waals surface area contributed by atoms with E-state index in [4.69, 9.17) is 11.5 Å². The molecule has 0 heterocycles. The molecule has 0 saturated carbocycles. The van der Waals surface area contributed by atoms with Crippen molar-refractivity contribution in [1.29, 1.82) is 0 Å². The number of rotatable bonds is 3. The van der Waals surface area contributed by atoms with Gasteiger partial charge in [-0.2, -0.15) is 0 Å². The average molecular weight is 196 g/mol. The monoisotopic (exact) mass is 196 g/mol. The molecular formula is C10H13FN2O. The summed E-state index contributed by atoms with van der Waals surface area (Å²) in [6.07, 6.45) is 0.0759. The molecule has 0 aliphatic carbocycles. The first kappa shape index (κ1) is 10.7. The van der Waals surface area contributed by atoms with Crippen molar-refractivity contribution in [3.63, 3.8) is 0 Å². The highest BCUT2D eigenvalue weighted by molar-refractivity contribution is 5.74. The molecule has 1 amide bonds. The van der Waals surface area contributed by atoms with Gasteiger partial charge in [-0.25, -0.2) is 4.39 Å². The lowest BCUT2D eigenvalue weighted by Crippen LogP contribution is -2.21. The first-order valence-electron chi connectivity index (χ1n) is 4.30. The number of amides is 1. The van der Waals surface area contributed by atoms with E-state index in [1.165, 1.54) is 12.1 Å². The van der Waals surface area contributed by atoms with Crippen LogP contribution in [0.2, 0.25) is 0 Å². The highest BCUT2D eigenvalue weighted by Gasteiger charge is 2.11. The summed E-state index contributed by atoms with van der Waals surface area (Å²) in [7, 11) is 0. The lowest BCUT2D eigenvalue weighted by atomic mass is 9.99. The maximum absolute atomic E-state index is 12.7. The van der Waals surface area contributed by atoms with Crippen molar-refractivity contribution in [1.82, 2.24) is 0 Å². The molecular weight excluding hydrogens is 183 g/mol. The van der Waals surface area contributed by atoms with Gasteiger partial charge in [-0.05, 0) is 30.2 Å². The molecule has 0 aliphatic heterocycles. The van der Waals surface area contributed by atoms with E-state index >= 15 is 0 Å². The zero-order valence-corrected chi connectivity index (χ0v) is 7.96. The minimum atomic E-state index is -0.457. The van der Waals surface area contributed by atoms with Crippen LogP contribution in [0.1, 0.15) is 23.6 Å². The Balaban J connectivity index is 2.90. The Bertz CT molecular complexity index is 352. The SMILES string of the molecule is Cc1cc(F)ccc1[C@H](N)CC(N)=O. The van der Waals surface area contributed by atoms with Crippen LogP contribution in [-0.2, 0) is 4.79 Å². The molecule has 1 aromatic carbocycles. The predicted molar refractivity (Wildman–Crippen MR) is 51.9 cm³/mol. The van der Waals surface area contributed by atoms with Gasteiger partial charge in [0.1, 0.15) is 5.82 Å². The Morgan fingerprint density at radius 1 is 1.57 bits per heavy atom. The van der Waals surface area contributed by atoms with Crippen molar-refractivity contribution in [2.75, 3.05) is 0 Å². The van der Waals surface area contributed by atoms with Crippen LogP contribution in [0.5, 0.6) is 0 Å². The summed E-state index contributed by atoms with van der Waals surface area (Å²) in [6.45, 7) is 1.75. The molecule has 14 heavy (non-hydrogen) atoms. The molecule has 1 aromatic rings. The number of aryl methyl sites for hydroxylation is 1. The summed E-state index contributed by atoms with van der Waals surface area (Å²) >= 11 is 0. The number of benzene rings is 1. The molecule has 0 aliphatic rings. The van der Waals surface area contributed by atoms with E-state index < -0.39 is 11.9 Å². The van der Waals surface area contributed by atoms with Crippen LogP contribution in [0.15, 0.2) is 18.2 Å². The molecule has 0 saturated heterocycles. The van der Waals surface area contributed by atoms with Gasteiger partial charge in [-0.1, -0.05) is 6.07 Å². The van der Waals surface area contributed by atoms with E-state index in [0.717, 1.165) is 11.1 Å². The third kappa shape index (κ3) is 2.53. The summed E-state index contributed by atoms with van der Waals surface area (Å²) < 4.78 is 12.7. The molecule has 76 valence electrons. The van der Waals surface area contributed by atoms with E-state index in [1.54, 1.807) is 13.0 Å². The van der Waals surface area contributed by atoms with Gasteiger partial charge >= 0.3 is 0 Å². The maximum atomic E-state index is 12.7. The lowest BCUT2D eigenvalue weighted by molar-refractivity contribution is -0.118. The Kier molecular flexibility index (Phi) is 3.19. The van der Waals surface area contributed by atoms with Gasteiger partial charge in [0.2, 0.25) is 5.91 Å². The Morgan fingerprint density at radius 2 is 2.21 bits per heavy atom. The molecule has 3 nitrogen and oxygen atoms in total. The molecule has 1 rings (SSSR count). The Hall–Kier alpha value is -1.42. The largest absolute Gasteiger partial charge is 0.370 e. The zero-order valence-electron chi connectivity index (χ0n) is 7.96. The third-order valence-corrected chi connectivity index (χ3v) is 2.05. The summed E-state index contributed by atoms with van der Waals surface area (Å²) in [5.74, 6) is -0.765. The van der Waals surface area contributed by atoms with Crippen molar-refractivity contribution < 1.29 is 9.18 Å². The lowest BCUT2D eigenvalue weighted by Gasteiger charge is -2.12. The molecule has 0 spiro atoms. The number of primary amides is 1. The second-order valence-corrected chi connectivity index (χ2v) is 3.28. The predicted octanol–water partition coefficient (Wildman–Crippen LogP) is 1.01. The Labute approximate surface area is 81.9 Å². The van der Waals surface area contributed by atoms with Crippen molar-refractivity contribution in [2.45, 2.75) is 19.4 Å². The van der Waals surface area contributed by atoms with Crippen molar-refractivity contribution in [3.8, 4) is 0 Å². The molecule has 0 unspecified atom stereocenters. The Morgan fingerprint density at radius 3 is 2.71 bits per heavy atom. The second kappa shape index (κ2) is 4.19. The molecule has 0 fully saturated rings. The first-order valence-corrected chi connectivity index (χ1v) is 4.30. The number of halogens is 1. The smallest absolute Gasteiger partial charge is 0.219 e. The van der Waals surface area contributed by atoms with Crippen LogP contribution in [0.3, 0.4) is 0 Å². The average Bonchev–Trinajstić information content (AvgIpc) is 2.01. The maximum Gasteiger partial charge on any atom is 0.219 e. The summed E-state index contributed by atoms with van der Waals surface area (Å²) in [6, 6.07) is 3.84. The number of hydrogen-bond donors (Lipinski definition) is 2. The fourth-order valence-corrected chi connectivity index (χ4v) is 1.38. The van der Waals surface area contributed by atoms with Crippen LogP contribution < -0.4 is 11.5 Å². The van der Waals surface area contributed by atoms with E-state index in [-0.39, 0.29) is 12.2 Å². The van der Waals surface area contributed by atoms with E-state index in [0.29, 0.717) is 0 Å². The highest BCUT2D eigenvalue weighted by atomic mass is 19.1. The molecule has 0 aromatic heterocycles.